The number of fused-ring (bicyclic) bond motifs is 1. The van der Waals surface area contributed by atoms with Crippen molar-refractivity contribution < 1.29 is 4.79 Å². The largest absolute Gasteiger partial charge is 0.330 e. The number of benzene rings is 1. The Morgan fingerprint density at radius 2 is 2.07 bits per heavy atom. The highest BCUT2D eigenvalue weighted by Gasteiger charge is 2.32. The number of carbonyl (C=O) groups is 1. The second-order valence-corrected chi connectivity index (χ2v) is 7.39. The van der Waals surface area contributed by atoms with Crippen molar-refractivity contribution >= 4 is 16.8 Å². The molecule has 0 saturated carbocycles. The molecule has 4 rings (SSSR count). The Morgan fingerprint density at radius 3 is 2.89 bits per heavy atom. The summed E-state index contributed by atoms with van der Waals surface area (Å²) in [7, 11) is 0. The van der Waals surface area contributed by atoms with E-state index < -0.39 is 0 Å². The molecule has 1 aromatic carbocycles. The second kappa shape index (κ2) is 6.95. The first kappa shape index (κ1) is 17.4. The van der Waals surface area contributed by atoms with Crippen LogP contribution in [0.25, 0.3) is 10.9 Å². The summed E-state index contributed by atoms with van der Waals surface area (Å²) < 4.78 is 0. The molecule has 0 spiro atoms. The Bertz CT molecular complexity index is 1060. The van der Waals surface area contributed by atoms with E-state index in [2.05, 4.69) is 47.0 Å². The van der Waals surface area contributed by atoms with Gasteiger partial charge in [-0.25, -0.2) is 9.97 Å². The van der Waals surface area contributed by atoms with Gasteiger partial charge in [0.2, 0.25) is 0 Å². The molecule has 1 aliphatic rings. The molecule has 2 atom stereocenters. The van der Waals surface area contributed by atoms with E-state index in [9.17, 15) is 9.59 Å². The molecule has 0 bridgehead atoms. The van der Waals surface area contributed by atoms with Crippen molar-refractivity contribution in [3.05, 3.63) is 70.0 Å². The summed E-state index contributed by atoms with van der Waals surface area (Å²) in [5, 5.41) is 0.382. The first-order valence-corrected chi connectivity index (χ1v) is 9.24. The van der Waals surface area contributed by atoms with Crippen LogP contribution in [0.4, 0.5) is 0 Å². The predicted molar refractivity (Wildman–Crippen MR) is 104 cm³/mol. The fourth-order valence-corrected chi connectivity index (χ4v) is 3.84. The van der Waals surface area contributed by atoms with Crippen LogP contribution in [0.3, 0.4) is 0 Å². The number of piperidine rings is 1. The maximum atomic E-state index is 13.3. The highest BCUT2D eigenvalue weighted by atomic mass is 16.2. The lowest BCUT2D eigenvalue weighted by Gasteiger charge is -2.39. The molecule has 1 fully saturated rings. The van der Waals surface area contributed by atoms with Crippen LogP contribution < -0.4 is 5.56 Å². The summed E-state index contributed by atoms with van der Waals surface area (Å²) in [5.41, 5.74) is 2.83. The van der Waals surface area contributed by atoms with Crippen molar-refractivity contribution in [3.8, 4) is 0 Å². The van der Waals surface area contributed by atoms with Crippen LogP contribution in [0.1, 0.15) is 47.4 Å². The van der Waals surface area contributed by atoms with E-state index in [0.717, 1.165) is 18.4 Å². The molecular weight excluding hydrogens is 340 g/mol. The number of aromatic nitrogens is 3. The zero-order valence-corrected chi connectivity index (χ0v) is 15.5. The van der Waals surface area contributed by atoms with Crippen molar-refractivity contribution in [2.24, 2.45) is 5.92 Å². The summed E-state index contributed by atoms with van der Waals surface area (Å²) in [6, 6.07) is 9.89. The molecule has 138 valence electrons. The molecule has 3 aromatic rings. The summed E-state index contributed by atoms with van der Waals surface area (Å²) in [4.78, 5) is 38.2. The number of hydrogen-bond acceptors (Lipinski definition) is 4. The van der Waals surface area contributed by atoms with Gasteiger partial charge in [0, 0.05) is 6.54 Å². The molecule has 6 nitrogen and oxygen atoms in total. The molecule has 3 heterocycles. The lowest BCUT2D eigenvalue weighted by molar-refractivity contribution is 0.0538. The average molecular weight is 362 g/mol. The van der Waals surface area contributed by atoms with E-state index in [1.807, 2.05) is 11.0 Å². The van der Waals surface area contributed by atoms with Crippen LogP contribution in [0, 0.1) is 12.8 Å². The minimum Gasteiger partial charge on any atom is -0.330 e. The monoisotopic (exact) mass is 362 g/mol. The smallest absolute Gasteiger partial charge is 0.272 e. The Morgan fingerprint density at radius 1 is 1.22 bits per heavy atom. The van der Waals surface area contributed by atoms with Gasteiger partial charge in [-0.05, 0) is 37.3 Å². The molecule has 2 aromatic heterocycles. The van der Waals surface area contributed by atoms with E-state index in [1.54, 1.807) is 6.07 Å². The molecule has 1 saturated heterocycles. The van der Waals surface area contributed by atoms with Crippen molar-refractivity contribution in [2.45, 2.75) is 32.7 Å². The highest BCUT2D eigenvalue weighted by Crippen LogP contribution is 2.34. The maximum absolute atomic E-state index is 13.3. The molecule has 0 aliphatic carbocycles. The van der Waals surface area contributed by atoms with Gasteiger partial charge in [0.25, 0.3) is 11.5 Å². The predicted octanol–water partition coefficient (Wildman–Crippen LogP) is 3.24. The number of aryl methyl sites for hydroxylation is 1. The van der Waals surface area contributed by atoms with Crippen molar-refractivity contribution in [2.75, 3.05) is 6.54 Å². The number of hydrogen-bond donors (Lipinski definition) is 1. The number of carbonyl (C=O) groups excluding carboxylic acids is 1. The maximum Gasteiger partial charge on any atom is 0.272 e. The van der Waals surface area contributed by atoms with E-state index in [0.29, 0.717) is 23.4 Å². The van der Waals surface area contributed by atoms with Crippen LogP contribution in [-0.4, -0.2) is 32.3 Å². The van der Waals surface area contributed by atoms with Crippen LogP contribution >= 0.6 is 0 Å². The van der Waals surface area contributed by atoms with Crippen LogP contribution in [0.5, 0.6) is 0 Å². The van der Waals surface area contributed by atoms with Gasteiger partial charge >= 0.3 is 0 Å². The van der Waals surface area contributed by atoms with Gasteiger partial charge in [-0.1, -0.05) is 36.8 Å². The lowest BCUT2D eigenvalue weighted by Crippen LogP contribution is -2.42. The molecule has 1 amide bonds. The molecule has 1 aliphatic heterocycles. The summed E-state index contributed by atoms with van der Waals surface area (Å²) in [5.74, 6) is 0.291. The van der Waals surface area contributed by atoms with Gasteiger partial charge in [-0.15, -0.1) is 0 Å². The molecule has 0 radical (unpaired) electrons. The summed E-state index contributed by atoms with van der Waals surface area (Å²) >= 11 is 0. The van der Waals surface area contributed by atoms with Gasteiger partial charge < -0.3 is 9.88 Å². The quantitative estimate of drug-likeness (QED) is 0.759. The minimum absolute atomic E-state index is 0.0262. The highest BCUT2D eigenvalue weighted by molar-refractivity contribution is 5.95. The van der Waals surface area contributed by atoms with Gasteiger partial charge in [0.15, 0.2) is 0 Å². The zero-order valence-electron chi connectivity index (χ0n) is 15.5. The SMILES string of the molecule is Cc1cccc([C@@H]2CC[C@@H](C)CN2C(=O)c2cc3c(=O)[nH]cnc3cn2)c1. The van der Waals surface area contributed by atoms with E-state index >= 15 is 0 Å². The first-order chi connectivity index (χ1) is 13.0. The first-order valence-electron chi connectivity index (χ1n) is 9.24. The van der Waals surface area contributed by atoms with Gasteiger partial charge in [-0.2, -0.15) is 0 Å². The zero-order chi connectivity index (χ0) is 19.0. The number of aromatic amines is 1. The number of rotatable bonds is 2. The van der Waals surface area contributed by atoms with E-state index in [4.69, 9.17) is 0 Å². The fraction of sp³-hybridized carbons (Fsp3) is 0.333. The minimum atomic E-state index is -0.265. The van der Waals surface area contributed by atoms with Crippen LogP contribution in [-0.2, 0) is 0 Å². The topological polar surface area (TPSA) is 79.0 Å². The molecule has 6 heteroatoms. The number of nitrogens with zero attached hydrogens (tertiary/aromatic N) is 3. The lowest BCUT2D eigenvalue weighted by atomic mass is 9.89. The second-order valence-electron chi connectivity index (χ2n) is 7.39. The summed E-state index contributed by atoms with van der Waals surface area (Å²) in [6.45, 7) is 4.90. The summed E-state index contributed by atoms with van der Waals surface area (Å²) in [6.07, 6.45) is 4.84. The standard InChI is InChI=1S/C21H22N4O2/c1-13-4-3-5-15(8-13)19-7-6-14(2)11-25(19)21(27)17-9-16-18(10-22-17)23-12-24-20(16)26/h3-5,8-10,12,14,19H,6-7,11H2,1-2H3,(H,23,24,26)/t14-,19+/m1/s1. The number of pyridine rings is 1. The van der Waals surface area contributed by atoms with Crippen LogP contribution in [0.15, 0.2) is 47.7 Å². The van der Waals surface area contributed by atoms with Gasteiger partial charge in [0.1, 0.15) is 5.69 Å². The Balaban J connectivity index is 1.73. The van der Waals surface area contributed by atoms with Crippen LogP contribution in [0.2, 0.25) is 0 Å². The molecule has 27 heavy (non-hydrogen) atoms. The number of likely N-dealkylation sites (tertiary alicyclic amines) is 1. The normalized spacial score (nSPS) is 20.0. The van der Waals surface area contributed by atoms with E-state index in [-0.39, 0.29) is 23.2 Å². The third-order valence-corrected chi connectivity index (χ3v) is 5.25. The fourth-order valence-electron chi connectivity index (χ4n) is 3.84. The number of nitrogens with one attached hydrogen (secondary N) is 1. The Labute approximate surface area is 157 Å². The molecule has 1 N–H and O–H groups in total. The molecular formula is C21H22N4O2. The number of H-pyrrole nitrogens is 1. The van der Waals surface area contributed by atoms with Gasteiger partial charge in [0.05, 0.1) is 29.5 Å². The van der Waals surface area contributed by atoms with E-state index in [1.165, 1.54) is 18.1 Å². The molecule has 0 unspecified atom stereocenters. The Kier molecular flexibility index (Phi) is 4.48. The third-order valence-electron chi connectivity index (χ3n) is 5.25. The van der Waals surface area contributed by atoms with Crippen molar-refractivity contribution in [3.63, 3.8) is 0 Å². The Hall–Kier alpha value is -3.02. The number of amides is 1. The van der Waals surface area contributed by atoms with Crippen molar-refractivity contribution in [1.29, 1.82) is 0 Å². The van der Waals surface area contributed by atoms with Gasteiger partial charge in [-0.3, -0.25) is 9.59 Å². The van der Waals surface area contributed by atoms with Crippen molar-refractivity contribution in [1.82, 2.24) is 19.9 Å². The third kappa shape index (κ3) is 3.35. The average Bonchev–Trinajstić information content (AvgIpc) is 2.67.